The van der Waals surface area contributed by atoms with Gasteiger partial charge in [-0.25, -0.2) is 9.37 Å². The van der Waals surface area contributed by atoms with Crippen molar-refractivity contribution in [2.75, 3.05) is 26.2 Å². The molecule has 146 valence electrons. The molecule has 0 spiro atoms. The molecule has 0 bridgehead atoms. The summed E-state index contributed by atoms with van der Waals surface area (Å²) in [4.78, 5) is 7.47. The van der Waals surface area contributed by atoms with Gasteiger partial charge >= 0.3 is 0 Å². The maximum Gasteiger partial charge on any atom is 0.125 e. The normalized spacial score (nSPS) is 21.5. The molecule has 0 saturated carbocycles. The summed E-state index contributed by atoms with van der Waals surface area (Å²) in [7, 11) is 0. The molecule has 0 radical (unpaired) electrons. The molecule has 1 atom stereocenters. The summed E-state index contributed by atoms with van der Waals surface area (Å²) in [5.41, 5.74) is 3.26. The smallest absolute Gasteiger partial charge is 0.125 e. The van der Waals surface area contributed by atoms with Crippen LogP contribution in [0.15, 0.2) is 48.5 Å². The number of benzene rings is 2. The van der Waals surface area contributed by atoms with Crippen LogP contribution in [0.4, 0.5) is 4.39 Å². The van der Waals surface area contributed by atoms with Crippen LogP contribution < -0.4 is 5.32 Å². The summed E-state index contributed by atoms with van der Waals surface area (Å²) in [6, 6.07) is 16.1. The van der Waals surface area contributed by atoms with E-state index in [0.29, 0.717) is 12.0 Å². The first kappa shape index (κ1) is 17.8. The lowest BCUT2D eigenvalue weighted by molar-refractivity contribution is 0.179. The van der Waals surface area contributed by atoms with Crippen molar-refractivity contribution < 1.29 is 4.39 Å². The molecule has 0 aliphatic carbocycles. The lowest BCUT2D eigenvalue weighted by Gasteiger charge is -2.34. The predicted octanol–water partition coefficient (Wildman–Crippen LogP) is 4.09. The van der Waals surface area contributed by atoms with Gasteiger partial charge in [0.05, 0.1) is 11.0 Å². The van der Waals surface area contributed by atoms with E-state index in [-0.39, 0.29) is 5.82 Å². The maximum atomic E-state index is 14.0. The van der Waals surface area contributed by atoms with E-state index in [4.69, 9.17) is 4.98 Å². The lowest BCUT2D eigenvalue weighted by atomic mass is 10.0. The Morgan fingerprint density at radius 3 is 2.61 bits per heavy atom. The fraction of sp³-hybridized carbons (Fsp3) is 0.435. The van der Waals surface area contributed by atoms with Crippen LogP contribution in [-0.4, -0.2) is 40.6 Å². The van der Waals surface area contributed by atoms with Crippen LogP contribution in [0.3, 0.4) is 0 Å². The highest BCUT2D eigenvalue weighted by molar-refractivity contribution is 5.76. The Kier molecular flexibility index (Phi) is 4.87. The highest BCUT2D eigenvalue weighted by atomic mass is 19.1. The second-order valence-electron chi connectivity index (χ2n) is 8.16. The molecule has 4 nitrogen and oxygen atoms in total. The first-order chi connectivity index (χ1) is 13.8. The van der Waals surface area contributed by atoms with Gasteiger partial charge < -0.3 is 9.88 Å². The van der Waals surface area contributed by atoms with E-state index < -0.39 is 0 Å². The van der Waals surface area contributed by atoms with Gasteiger partial charge in [0.2, 0.25) is 0 Å². The molecule has 3 heterocycles. The number of halogens is 1. The SMILES string of the molecule is Fc1ccc2nc([C@@H]3CCNC3)n(C3CCN(Cc4ccccc4)CC3)c2c1. The molecule has 28 heavy (non-hydrogen) atoms. The van der Waals surface area contributed by atoms with Gasteiger partial charge in [0.1, 0.15) is 11.6 Å². The highest BCUT2D eigenvalue weighted by Gasteiger charge is 2.29. The summed E-state index contributed by atoms with van der Waals surface area (Å²) in [5.74, 6) is 1.40. The van der Waals surface area contributed by atoms with Gasteiger partial charge in [-0.2, -0.15) is 0 Å². The first-order valence-electron chi connectivity index (χ1n) is 10.4. The maximum absolute atomic E-state index is 14.0. The summed E-state index contributed by atoms with van der Waals surface area (Å²) >= 11 is 0. The highest BCUT2D eigenvalue weighted by Crippen LogP contribution is 2.34. The molecule has 2 fully saturated rings. The topological polar surface area (TPSA) is 33.1 Å². The lowest BCUT2D eigenvalue weighted by Crippen LogP contribution is -2.34. The average molecular weight is 378 g/mol. The van der Waals surface area contributed by atoms with Crippen LogP contribution in [0, 0.1) is 5.82 Å². The van der Waals surface area contributed by atoms with Crippen molar-refractivity contribution in [3.05, 3.63) is 65.7 Å². The number of likely N-dealkylation sites (tertiary alicyclic amines) is 1. The minimum atomic E-state index is -0.175. The summed E-state index contributed by atoms with van der Waals surface area (Å²) in [5, 5.41) is 3.46. The van der Waals surface area contributed by atoms with Gasteiger partial charge in [0, 0.05) is 38.1 Å². The zero-order valence-electron chi connectivity index (χ0n) is 16.1. The standard InChI is InChI=1S/C23H27FN4/c24-19-6-7-21-22(14-19)28(23(26-21)18-8-11-25-15-18)20-9-12-27(13-10-20)16-17-4-2-1-3-5-17/h1-7,14,18,20,25H,8-13,15-16H2/t18-/m1/s1. The van der Waals surface area contributed by atoms with E-state index in [1.165, 1.54) is 11.6 Å². The molecular weight excluding hydrogens is 351 g/mol. The fourth-order valence-corrected chi connectivity index (χ4v) is 4.81. The molecule has 2 aromatic carbocycles. The van der Waals surface area contributed by atoms with Gasteiger partial charge in [-0.1, -0.05) is 30.3 Å². The van der Waals surface area contributed by atoms with Crippen molar-refractivity contribution in [2.45, 2.75) is 37.8 Å². The summed E-state index contributed by atoms with van der Waals surface area (Å²) < 4.78 is 16.4. The molecular formula is C23H27FN4. The van der Waals surface area contributed by atoms with Crippen molar-refractivity contribution in [2.24, 2.45) is 0 Å². The van der Waals surface area contributed by atoms with Crippen LogP contribution in [0.1, 0.15) is 42.6 Å². The first-order valence-corrected chi connectivity index (χ1v) is 10.4. The molecule has 2 aliphatic heterocycles. The Hall–Kier alpha value is -2.24. The minimum absolute atomic E-state index is 0.175. The van der Waals surface area contributed by atoms with Crippen molar-refractivity contribution in [3.63, 3.8) is 0 Å². The monoisotopic (exact) mass is 378 g/mol. The van der Waals surface area contributed by atoms with Crippen molar-refractivity contribution in [3.8, 4) is 0 Å². The van der Waals surface area contributed by atoms with Crippen molar-refractivity contribution in [1.29, 1.82) is 0 Å². The Bertz CT molecular complexity index is 938. The van der Waals surface area contributed by atoms with Gasteiger partial charge in [-0.3, -0.25) is 4.90 Å². The summed E-state index contributed by atoms with van der Waals surface area (Å²) in [6.45, 7) is 5.15. The van der Waals surface area contributed by atoms with Crippen LogP contribution in [0.25, 0.3) is 11.0 Å². The van der Waals surface area contributed by atoms with E-state index in [9.17, 15) is 4.39 Å². The molecule has 3 aromatic rings. The Morgan fingerprint density at radius 1 is 1.04 bits per heavy atom. The quantitative estimate of drug-likeness (QED) is 0.742. The van der Waals surface area contributed by atoms with Crippen LogP contribution in [-0.2, 0) is 6.54 Å². The molecule has 1 aromatic heterocycles. The van der Waals surface area contributed by atoms with Gasteiger partial charge in [-0.15, -0.1) is 0 Å². The van der Waals surface area contributed by atoms with E-state index in [1.807, 2.05) is 6.07 Å². The van der Waals surface area contributed by atoms with E-state index in [1.54, 1.807) is 6.07 Å². The number of rotatable bonds is 4. The zero-order chi connectivity index (χ0) is 18.9. The molecule has 2 aliphatic rings. The molecule has 5 rings (SSSR count). The Balaban J connectivity index is 1.40. The second-order valence-corrected chi connectivity index (χ2v) is 8.16. The third-order valence-corrected chi connectivity index (χ3v) is 6.28. The molecule has 1 N–H and O–H groups in total. The minimum Gasteiger partial charge on any atom is -0.324 e. The predicted molar refractivity (Wildman–Crippen MR) is 110 cm³/mol. The van der Waals surface area contributed by atoms with E-state index in [2.05, 4.69) is 45.1 Å². The molecule has 5 heteroatoms. The van der Waals surface area contributed by atoms with Crippen molar-refractivity contribution >= 4 is 11.0 Å². The number of fused-ring (bicyclic) bond motifs is 1. The third-order valence-electron chi connectivity index (χ3n) is 6.28. The fourth-order valence-electron chi connectivity index (χ4n) is 4.81. The van der Waals surface area contributed by atoms with Crippen LogP contribution in [0.2, 0.25) is 0 Å². The second kappa shape index (κ2) is 7.64. The van der Waals surface area contributed by atoms with Crippen LogP contribution >= 0.6 is 0 Å². The number of hydrogen-bond donors (Lipinski definition) is 1. The van der Waals surface area contributed by atoms with Crippen LogP contribution in [0.5, 0.6) is 0 Å². The van der Waals surface area contributed by atoms with E-state index in [0.717, 1.165) is 68.8 Å². The van der Waals surface area contributed by atoms with E-state index >= 15 is 0 Å². The van der Waals surface area contributed by atoms with Gasteiger partial charge in [0.25, 0.3) is 0 Å². The Labute approximate surface area is 165 Å². The largest absolute Gasteiger partial charge is 0.324 e. The van der Waals surface area contributed by atoms with Gasteiger partial charge in [0.15, 0.2) is 0 Å². The number of aromatic nitrogens is 2. The van der Waals surface area contributed by atoms with Gasteiger partial charge in [-0.05, 0) is 49.6 Å². The van der Waals surface area contributed by atoms with Crippen molar-refractivity contribution in [1.82, 2.24) is 19.8 Å². The number of nitrogens with zero attached hydrogens (tertiary/aromatic N) is 3. The number of piperidine rings is 1. The number of nitrogens with one attached hydrogen (secondary N) is 1. The molecule has 0 amide bonds. The number of imidazole rings is 1. The molecule has 0 unspecified atom stereocenters. The Morgan fingerprint density at radius 2 is 1.86 bits per heavy atom. The third kappa shape index (κ3) is 3.45. The average Bonchev–Trinajstić information content (AvgIpc) is 3.37. The number of hydrogen-bond acceptors (Lipinski definition) is 3. The molecule has 2 saturated heterocycles. The zero-order valence-corrected chi connectivity index (χ0v) is 16.1. The summed E-state index contributed by atoms with van der Waals surface area (Å²) in [6.07, 6.45) is 3.28.